The maximum absolute atomic E-state index is 12.1. The summed E-state index contributed by atoms with van der Waals surface area (Å²) in [6, 6.07) is 14.4. The van der Waals surface area contributed by atoms with E-state index in [2.05, 4.69) is 5.32 Å². The summed E-state index contributed by atoms with van der Waals surface area (Å²) >= 11 is 0. The van der Waals surface area contributed by atoms with Crippen molar-refractivity contribution in [3.8, 4) is 5.75 Å². The number of hydrogen-bond donors (Lipinski definition) is 1. The van der Waals surface area contributed by atoms with E-state index in [1.807, 2.05) is 31.2 Å². The number of nitrogens with one attached hydrogen (secondary N) is 1. The van der Waals surface area contributed by atoms with Gasteiger partial charge in [-0.05, 0) is 43.2 Å². The zero-order chi connectivity index (χ0) is 19.2. The predicted molar refractivity (Wildman–Crippen MR) is 104 cm³/mol. The molecule has 0 aromatic heterocycles. The third-order valence-corrected chi connectivity index (χ3v) is 5.00. The van der Waals surface area contributed by atoms with Crippen LogP contribution in [0.15, 0.2) is 48.5 Å². The van der Waals surface area contributed by atoms with Gasteiger partial charge in [0.25, 0.3) is 0 Å². The summed E-state index contributed by atoms with van der Waals surface area (Å²) in [4.78, 5) is 12.1. The minimum atomic E-state index is -3.46. The molecule has 0 unspecified atom stereocenters. The summed E-state index contributed by atoms with van der Waals surface area (Å²) in [6.45, 7) is 2.17. The molecule has 1 N–H and O–H groups in total. The van der Waals surface area contributed by atoms with Crippen molar-refractivity contribution in [3.05, 3.63) is 54.1 Å². The van der Waals surface area contributed by atoms with Gasteiger partial charge in [0, 0.05) is 24.7 Å². The first-order valence-corrected chi connectivity index (χ1v) is 10.1. The molecule has 0 fully saturated rings. The Labute approximate surface area is 154 Å². The molecule has 2 aromatic rings. The van der Waals surface area contributed by atoms with Crippen molar-refractivity contribution in [3.63, 3.8) is 0 Å². The lowest BCUT2D eigenvalue weighted by atomic mass is 10.2. The first-order chi connectivity index (χ1) is 12.3. The van der Waals surface area contributed by atoms with E-state index in [1.54, 1.807) is 24.3 Å². The van der Waals surface area contributed by atoms with Gasteiger partial charge in [0.1, 0.15) is 5.75 Å². The van der Waals surface area contributed by atoms with Gasteiger partial charge < -0.3 is 10.1 Å². The summed E-state index contributed by atoms with van der Waals surface area (Å²) in [7, 11) is -1.93. The van der Waals surface area contributed by atoms with Gasteiger partial charge in [-0.1, -0.05) is 18.2 Å². The topological polar surface area (TPSA) is 75.7 Å². The highest BCUT2D eigenvalue weighted by Gasteiger charge is 2.18. The predicted octanol–water partition coefficient (Wildman–Crippen LogP) is 3.19. The molecule has 0 aliphatic heterocycles. The third kappa shape index (κ3) is 5.77. The molecule has 0 heterocycles. The molecule has 0 aliphatic carbocycles. The molecule has 0 saturated heterocycles. The average molecular weight is 376 g/mol. The second kappa shape index (κ2) is 8.71. The molecular formula is C19H24N2O4S. The molecule has 0 aliphatic rings. The van der Waals surface area contributed by atoms with E-state index in [0.717, 1.165) is 17.5 Å². The summed E-state index contributed by atoms with van der Waals surface area (Å²) in [6.07, 6.45) is 1.78. The highest BCUT2D eigenvalue weighted by molar-refractivity contribution is 7.92. The summed E-state index contributed by atoms with van der Waals surface area (Å²) in [5.74, 6) is 0.433. The van der Waals surface area contributed by atoms with Crippen LogP contribution < -0.4 is 14.4 Å². The zero-order valence-electron chi connectivity index (χ0n) is 15.2. The van der Waals surface area contributed by atoms with E-state index < -0.39 is 10.0 Å². The lowest BCUT2D eigenvalue weighted by molar-refractivity contribution is -0.116. The Morgan fingerprint density at radius 3 is 2.54 bits per heavy atom. The van der Waals surface area contributed by atoms with Crippen LogP contribution in [0.25, 0.3) is 0 Å². The Morgan fingerprint density at radius 2 is 1.88 bits per heavy atom. The van der Waals surface area contributed by atoms with E-state index in [1.165, 1.54) is 11.4 Å². The van der Waals surface area contributed by atoms with E-state index in [9.17, 15) is 13.2 Å². The monoisotopic (exact) mass is 376 g/mol. The first kappa shape index (κ1) is 19.8. The Kier molecular flexibility index (Phi) is 6.63. The fourth-order valence-electron chi connectivity index (χ4n) is 2.58. The number of anilines is 2. The number of methoxy groups -OCH3 is 1. The SMILES string of the molecule is COc1cccc(N(CCCC(=O)Nc2cccc(C)c2)S(C)(=O)=O)c1. The quantitative estimate of drug-likeness (QED) is 0.768. The first-order valence-electron chi connectivity index (χ1n) is 8.28. The molecule has 6 nitrogen and oxygen atoms in total. The standard InChI is InChI=1S/C19H24N2O4S/c1-15-7-4-8-16(13-15)20-19(22)11-6-12-21(26(3,23)24)17-9-5-10-18(14-17)25-2/h4-5,7-10,13-14H,6,11-12H2,1-3H3,(H,20,22). The number of ether oxygens (including phenoxy) is 1. The number of rotatable bonds is 8. The number of nitrogens with zero attached hydrogens (tertiary/aromatic N) is 1. The van der Waals surface area contributed by atoms with Gasteiger partial charge in [0.2, 0.25) is 15.9 Å². The Bertz CT molecular complexity index is 865. The van der Waals surface area contributed by atoms with Crippen LogP contribution in [0.1, 0.15) is 18.4 Å². The van der Waals surface area contributed by atoms with Gasteiger partial charge >= 0.3 is 0 Å². The minimum Gasteiger partial charge on any atom is -0.497 e. The van der Waals surface area contributed by atoms with Crippen molar-refractivity contribution >= 4 is 27.3 Å². The number of amides is 1. The van der Waals surface area contributed by atoms with Gasteiger partial charge in [-0.3, -0.25) is 9.10 Å². The second-order valence-electron chi connectivity index (χ2n) is 6.06. The van der Waals surface area contributed by atoms with Crippen LogP contribution in [0.3, 0.4) is 0 Å². The van der Waals surface area contributed by atoms with E-state index in [-0.39, 0.29) is 18.9 Å². The van der Waals surface area contributed by atoms with Gasteiger partial charge in [-0.2, -0.15) is 0 Å². The van der Waals surface area contributed by atoms with Crippen LogP contribution in [-0.4, -0.2) is 34.2 Å². The molecule has 140 valence electrons. The van der Waals surface area contributed by atoms with Crippen molar-refractivity contribution < 1.29 is 17.9 Å². The van der Waals surface area contributed by atoms with Crippen LogP contribution >= 0.6 is 0 Å². The molecule has 26 heavy (non-hydrogen) atoms. The van der Waals surface area contributed by atoms with Crippen molar-refractivity contribution in [1.29, 1.82) is 0 Å². The fourth-order valence-corrected chi connectivity index (χ4v) is 3.54. The van der Waals surface area contributed by atoms with Gasteiger partial charge in [-0.25, -0.2) is 8.42 Å². The molecule has 0 saturated carbocycles. The molecule has 0 spiro atoms. The second-order valence-corrected chi connectivity index (χ2v) is 7.96. The highest BCUT2D eigenvalue weighted by Crippen LogP contribution is 2.23. The minimum absolute atomic E-state index is 0.144. The smallest absolute Gasteiger partial charge is 0.232 e. The molecular weight excluding hydrogens is 352 g/mol. The molecule has 7 heteroatoms. The number of hydrogen-bond acceptors (Lipinski definition) is 4. The number of aryl methyl sites for hydroxylation is 1. The number of carbonyl (C=O) groups is 1. The summed E-state index contributed by atoms with van der Waals surface area (Å²) in [5.41, 5.74) is 2.32. The van der Waals surface area contributed by atoms with E-state index in [0.29, 0.717) is 17.9 Å². The summed E-state index contributed by atoms with van der Waals surface area (Å²) in [5, 5.41) is 2.83. The summed E-state index contributed by atoms with van der Waals surface area (Å²) < 4.78 is 30.7. The molecule has 0 atom stereocenters. The highest BCUT2D eigenvalue weighted by atomic mass is 32.2. The lowest BCUT2D eigenvalue weighted by Gasteiger charge is -2.22. The van der Waals surface area contributed by atoms with Gasteiger partial charge in [-0.15, -0.1) is 0 Å². The maximum Gasteiger partial charge on any atom is 0.232 e. The fraction of sp³-hybridized carbons (Fsp3) is 0.316. The molecule has 0 radical (unpaired) electrons. The van der Waals surface area contributed by atoms with Crippen molar-refractivity contribution in [1.82, 2.24) is 0 Å². The maximum atomic E-state index is 12.1. The lowest BCUT2D eigenvalue weighted by Crippen LogP contribution is -2.31. The Morgan fingerprint density at radius 1 is 1.15 bits per heavy atom. The molecule has 2 rings (SSSR count). The average Bonchev–Trinajstić information content (AvgIpc) is 2.57. The Balaban J connectivity index is 1.98. The third-order valence-electron chi connectivity index (χ3n) is 3.81. The molecule has 2 aromatic carbocycles. The van der Waals surface area contributed by atoms with Gasteiger partial charge in [0.15, 0.2) is 0 Å². The van der Waals surface area contributed by atoms with Crippen LogP contribution in [-0.2, 0) is 14.8 Å². The van der Waals surface area contributed by atoms with Crippen molar-refractivity contribution in [2.75, 3.05) is 29.5 Å². The van der Waals surface area contributed by atoms with Crippen LogP contribution in [0.4, 0.5) is 11.4 Å². The molecule has 0 bridgehead atoms. The normalized spacial score (nSPS) is 11.0. The van der Waals surface area contributed by atoms with E-state index in [4.69, 9.17) is 4.74 Å². The number of carbonyl (C=O) groups excluding carboxylic acids is 1. The van der Waals surface area contributed by atoms with E-state index >= 15 is 0 Å². The van der Waals surface area contributed by atoms with Crippen LogP contribution in [0.2, 0.25) is 0 Å². The van der Waals surface area contributed by atoms with Crippen LogP contribution in [0.5, 0.6) is 5.75 Å². The number of benzene rings is 2. The van der Waals surface area contributed by atoms with Crippen molar-refractivity contribution in [2.24, 2.45) is 0 Å². The van der Waals surface area contributed by atoms with Crippen LogP contribution in [0, 0.1) is 6.92 Å². The zero-order valence-corrected chi connectivity index (χ0v) is 16.0. The van der Waals surface area contributed by atoms with Crippen molar-refractivity contribution in [2.45, 2.75) is 19.8 Å². The largest absolute Gasteiger partial charge is 0.497 e. The Hall–Kier alpha value is -2.54. The number of sulfonamides is 1. The van der Waals surface area contributed by atoms with Gasteiger partial charge in [0.05, 0.1) is 19.1 Å². The molecule has 1 amide bonds.